The Balaban J connectivity index is 1.59. The molecule has 2 amide bonds. The Kier molecular flexibility index (Phi) is 7.12. The van der Waals surface area contributed by atoms with Gasteiger partial charge >= 0.3 is 0 Å². The lowest BCUT2D eigenvalue weighted by molar-refractivity contribution is -0.113. The van der Waals surface area contributed by atoms with E-state index in [1.165, 1.54) is 11.8 Å². The third kappa shape index (κ3) is 5.52. The molecule has 1 atom stereocenters. The second-order valence-corrected chi connectivity index (χ2v) is 8.51. The number of carbonyl (C=O) groups excluding carboxylic acids is 2. The number of aromatic nitrogens is 3. The Bertz CT molecular complexity index is 1110. The summed E-state index contributed by atoms with van der Waals surface area (Å²) in [6.07, 6.45) is 0. The molecule has 3 rings (SSSR count). The van der Waals surface area contributed by atoms with Gasteiger partial charge in [0, 0.05) is 18.3 Å². The third-order valence-corrected chi connectivity index (χ3v) is 6.00. The van der Waals surface area contributed by atoms with Gasteiger partial charge in [-0.3, -0.25) is 9.59 Å². The van der Waals surface area contributed by atoms with Gasteiger partial charge in [0.15, 0.2) is 11.0 Å². The van der Waals surface area contributed by atoms with Crippen LogP contribution in [0.15, 0.2) is 47.6 Å². The van der Waals surface area contributed by atoms with E-state index in [0.717, 1.165) is 22.4 Å². The summed E-state index contributed by atoms with van der Waals surface area (Å²) in [5.74, 6) is 0.570. The average Bonchev–Trinajstić information content (AvgIpc) is 3.09. The van der Waals surface area contributed by atoms with E-state index in [-0.39, 0.29) is 23.6 Å². The maximum absolute atomic E-state index is 12.6. The van der Waals surface area contributed by atoms with E-state index in [1.807, 2.05) is 71.1 Å². The van der Waals surface area contributed by atoms with Crippen molar-refractivity contribution < 1.29 is 9.59 Å². The molecule has 0 bridgehead atoms. The minimum Gasteiger partial charge on any atom is -0.342 e. The molecule has 31 heavy (non-hydrogen) atoms. The Hall–Kier alpha value is -3.13. The molecule has 0 saturated carbocycles. The van der Waals surface area contributed by atoms with E-state index in [2.05, 4.69) is 20.8 Å². The molecule has 0 aliphatic heterocycles. The van der Waals surface area contributed by atoms with Gasteiger partial charge in [0.2, 0.25) is 5.91 Å². The van der Waals surface area contributed by atoms with Crippen molar-refractivity contribution in [2.45, 2.75) is 38.9 Å². The van der Waals surface area contributed by atoms with E-state index in [4.69, 9.17) is 0 Å². The maximum Gasteiger partial charge on any atom is 0.252 e. The summed E-state index contributed by atoms with van der Waals surface area (Å²) >= 11 is 1.30. The zero-order valence-corrected chi connectivity index (χ0v) is 19.2. The van der Waals surface area contributed by atoms with Crippen molar-refractivity contribution in [3.63, 3.8) is 0 Å². The number of nitrogens with zero attached hydrogens (tertiary/aromatic N) is 3. The van der Waals surface area contributed by atoms with Crippen LogP contribution in [0.4, 0.5) is 5.69 Å². The number of amides is 2. The van der Waals surface area contributed by atoms with Gasteiger partial charge in [-0.1, -0.05) is 47.7 Å². The first-order chi connectivity index (χ1) is 14.8. The predicted octanol–water partition coefficient (Wildman–Crippen LogP) is 3.96. The summed E-state index contributed by atoms with van der Waals surface area (Å²) in [7, 11) is 1.83. The smallest absolute Gasteiger partial charge is 0.252 e. The predicted molar refractivity (Wildman–Crippen MR) is 123 cm³/mol. The van der Waals surface area contributed by atoms with Crippen LogP contribution < -0.4 is 10.6 Å². The number of nitrogens with one attached hydrogen (secondary N) is 2. The molecule has 162 valence electrons. The summed E-state index contributed by atoms with van der Waals surface area (Å²) in [5, 5.41) is 14.9. The highest BCUT2D eigenvalue weighted by atomic mass is 32.2. The fourth-order valence-electron chi connectivity index (χ4n) is 3.27. The monoisotopic (exact) mass is 437 g/mol. The van der Waals surface area contributed by atoms with Crippen LogP contribution in [0.25, 0.3) is 0 Å². The number of thioether (sulfide) groups is 1. The molecule has 0 spiro atoms. The van der Waals surface area contributed by atoms with Gasteiger partial charge in [0.05, 0.1) is 11.8 Å². The quantitative estimate of drug-likeness (QED) is 0.546. The van der Waals surface area contributed by atoms with Gasteiger partial charge in [-0.2, -0.15) is 0 Å². The van der Waals surface area contributed by atoms with E-state index in [9.17, 15) is 9.59 Å². The van der Waals surface area contributed by atoms with Crippen LogP contribution in [0.2, 0.25) is 0 Å². The van der Waals surface area contributed by atoms with Crippen molar-refractivity contribution in [1.29, 1.82) is 0 Å². The minimum absolute atomic E-state index is 0.109. The highest BCUT2D eigenvalue weighted by Gasteiger charge is 2.19. The van der Waals surface area contributed by atoms with Crippen molar-refractivity contribution in [2.24, 2.45) is 7.05 Å². The molecule has 7 nitrogen and oxygen atoms in total. The largest absolute Gasteiger partial charge is 0.342 e. The van der Waals surface area contributed by atoms with Gasteiger partial charge in [-0.25, -0.2) is 0 Å². The molecule has 0 fully saturated rings. The number of anilines is 1. The Labute approximate surface area is 186 Å². The van der Waals surface area contributed by atoms with E-state index >= 15 is 0 Å². The lowest BCUT2D eigenvalue weighted by atomic mass is 10.1. The topological polar surface area (TPSA) is 88.9 Å². The number of hydrogen-bond acceptors (Lipinski definition) is 5. The fourth-order valence-corrected chi connectivity index (χ4v) is 3.98. The van der Waals surface area contributed by atoms with Crippen molar-refractivity contribution in [2.75, 3.05) is 11.1 Å². The van der Waals surface area contributed by atoms with Crippen LogP contribution >= 0.6 is 11.8 Å². The zero-order valence-electron chi connectivity index (χ0n) is 18.4. The Morgan fingerprint density at radius 2 is 1.81 bits per heavy atom. The van der Waals surface area contributed by atoms with Gasteiger partial charge in [-0.05, 0) is 51.0 Å². The summed E-state index contributed by atoms with van der Waals surface area (Å²) < 4.78 is 1.80. The standard InChI is InChI=1S/C23H27N5O2S/c1-14-10-11-19(16(3)12-14)25-20(29)13-31-23-27-26-21(28(23)5)17(4)24-22(30)18-9-7-6-8-15(18)2/h6-12,17H,13H2,1-5H3,(H,24,30)(H,25,29)/t17-/m0/s1. The lowest BCUT2D eigenvalue weighted by Crippen LogP contribution is -2.29. The van der Waals surface area contributed by atoms with Crippen molar-refractivity contribution in [1.82, 2.24) is 20.1 Å². The molecular weight excluding hydrogens is 410 g/mol. The average molecular weight is 438 g/mol. The maximum atomic E-state index is 12.6. The molecule has 0 aliphatic rings. The van der Waals surface area contributed by atoms with Gasteiger partial charge < -0.3 is 15.2 Å². The lowest BCUT2D eigenvalue weighted by Gasteiger charge is -2.14. The van der Waals surface area contributed by atoms with Crippen LogP contribution in [-0.2, 0) is 11.8 Å². The van der Waals surface area contributed by atoms with Crippen molar-refractivity contribution in [3.8, 4) is 0 Å². The van der Waals surface area contributed by atoms with E-state index in [1.54, 1.807) is 10.6 Å². The molecule has 0 aliphatic carbocycles. The zero-order chi connectivity index (χ0) is 22.5. The molecule has 2 N–H and O–H groups in total. The van der Waals surface area contributed by atoms with Gasteiger partial charge in [0.1, 0.15) is 0 Å². The second kappa shape index (κ2) is 9.78. The minimum atomic E-state index is -0.331. The first kappa shape index (κ1) is 22.6. The first-order valence-corrected chi connectivity index (χ1v) is 11.0. The van der Waals surface area contributed by atoms with Crippen LogP contribution in [0.1, 0.15) is 45.8 Å². The first-order valence-electron chi connectivity index (χ1n) is 10.0. The number of aryl methyl sites for hydroxylation is 3. The summed E-state index contributed by atoms with van der Waals surface area (Å²) in [4.78, 5) is 24.9. The molecule has 3 aromatic rings. The highest BCUT2D eigenvalue weighted by molar-refractivity contribution is 7.99. The van der Waals surface area contributed by atoms with Gasteiger partial charge in [-0.15, -0.1) is 10.2 Å². The van der Waals surface area contributed by atoms with E-state index in [0.29, 0.717) is 16.5 Å². The molecule has 0 unspecified atom stereocenters. The van der Waals surface area contributed by atoms with Crippen molar-refractivity contribution >= 4 is 29.3 Å². The van der Waals surface area contributed by atoms with Gasteiger partial charge in [0.25, 0.3) is 5.91 Å². The second-order valence-electron chi connectivity index (χ2n) is 7.57. The molecule has 1 aromatic heterocycles. The molecule has 2 aromatic carbocycles. The SMILES string of the molecule is Cc1ccc(NC(=O)CSc2nnc([C@H](C)NC(=O)c3ccccc3C)n2C)c(C)c1. The molecule has 8 heteroatoms. The number of hydrogen-bond donors (Lipinski definition) is 2. The van der Waals surface area contributed by atoms with Crippen LogP contribution in [0.5, 0.6) is 0 Å². The summed E-state index contributed by atoms with van der Waals surface area (Å²) in [6, 6.07) is 13.0. The molecule has 0 saturated heterocycles. The third-order valence-electron chi connectivity index (χ3n) is 4.98. The normalized spacial score (nSPS) is 11.8. The molecule has 1 heterocycles. The molecule has 0 radical (unpaired) electrons. The summed E-state index contributed by atoms with van der Waals surface area (Å²) in [6.45, 7) is 7.75. The molecular formula is C23H27N5O2S. The highest BCUT2D eigenvalue weighted by Crippen LogP contribution is 2.21. The van der Waals surface area contributed by atoms with Crippen LogP contribution in [0, 0.1) is 20.8 Å². The fraction of sp³-hybridized carbons (Fsp3) is 0.304. The number of rotatable bonds is 7. The summed E-state index contributed by atoms with van der Waals surface area (Å²) in [5.41, 5.74) is 4.53. The van der Waals surface area contributed by atoms with E-state index < -0.39 is 0 Å². The van der Waals surface area contributed by atoms with Crippen LogP contribution in [0.3, 0.4) is 0 Å². The Morgan fingerprint density at radius 3 is 2.52 bits per heavy atom. The Morgan fingerprint density at radius 1 is 1.06 bits per heavy atom. The number of benzene rings is 2. The van der Waals surface area contributed by atoms with Crippen LogP contribution in [-0.4, -0.2) is 32.3 Å². The number of carbonyl (C=O) groups is 2. The van der Waals surface area contributed by atoms with Crippen molar-refractivity contribution in [3.05, 3.63) is 70.5 Å².